The van der Waals surface area contributed by atoms with Gasteiger partial charge in [0.25, 0.3) is 0 Å². The van der Waals surface area contributed by atoms with Crippen molar-refractivity contribution in [3.63, 3.8) is 0 Å². The Labute approximate surface area is 167 Å². The van der Waals surface area contributed by atoms with E-state index in [1.807, 2.05) is 0 Å². The zero-order valence-electron chi connectivity index (χ0n) is 17.0. The largest absolute Gasteiger partial charge is 0.481 e. The summed E-state index contributed by atoms with van der Waals surface area (Å²) in [5, 5.41) is 10.7. The number of ketones is 2. The Morgan fingerprint density at radius 1 is 0.931 bits per heavy atom. The third-order valence-corrected chi connectivity index (χ3v) is 5.78. The first kappa shape index (κ1) is 20.5. The van der Waals surface area contributed by atoms with E-state index >= 15 is 0 Å². The number of fused-ring (bicyclic) bond motifs is 1. The van der Waals surface area contributed by atoms with Crippen molar-refractivity contribution in [2.75, 3.05) is 0 Å². The van der Waals surface area contributed by atoms with Crippen LogP contribution in [0.2, 0.25) is 0 Å². The number of Topliss-reactive ketones (excluding diaryl/α,β-unsaturated/α-hetero) is 2. The molecule has 6 nitrogen and oxygen atoms in total. The van der Waals surface area contributed by atoms with Crippen LogP contribution in [-0.4, -0.2) is 22.6 Å². The van der Waals surface area contributed by atoms with Gasteiger partial charge in [-0.2, -0.15) is 0 Å². The summed E-state index contributed by atoms with van der Waals surface area (Å²) < 4.78 is 5.19. The summed E-state index contributed by atoms with van der Waals surface area (Å²) in [4.78, 5) is 49.5. The second-order valence-corrected chi connectivity index (χ2v) is 7.95. The lowest BCUT2D eigenvalue weighted by molar-refractivity contribution is -0.141. The summed E-state index contributed by atoms with van der Waals surface area (Å²) in [5.74, 6) is -2.84. The smallest absolute Gasteiger partial charge is 0.336 e. The van der Waals surface area contributed by atoms with Crippen LogP contribution < -0.4 is 5.63 Å². The molecule has 29 heavy (non-hydrogen) atoms. The molecule has 1 aliphatic carbocycles. The molecule has 0 spiro atoms. The number of carboxylic acids is 1. The minimum absolute atomic E-state index is 0.201. The predicted molar refractivity (Wildman–Crippen MR) is 108 cm³/mol. The third-order valence-electron chi connectivity index (χ3n) is 5.78. The van der Waals surface area contributed by atoms with E-state index in [4.69, 9.17) is 4.42 Å². The summed E-state index contributed by atoms with van der Waals surface area (Å²) in [6, 6.07) is 7.71. The van der Waals surface area contributed by atoms with Gasteiger partial charge in [-0.1, -0.05) is 26.0 Å². The zero-order chi connectivity index (χ0) is 21.7. The van der Waals surface area contributed by atoms with Gasteiger partial charge in [-0.05, 0) is 38.5 Å². The highest BCUT2D eigenvalue weighted by Crippen LogP contribution is 2.46. The van der Waals surface area contributed by atoms with E-state index in [0.29, 0.717) is 22.1 Å². The van der Waals surface area contributed by atoms with E-state index in [-0.39, 0.29) is 28.3 Å². The summed E-state index contributed by atoms with van der Waals surface area (Å²) in [6.45, 7) is 8.04. The van der Waals surface area contributed by atoms with Crippen LogP contribution in [0.1, 0.15) is 46.1 Å². The summed E-state index contributed by atoms with van der Waals surface area (Å²) >= 11 is 0. The van der Waals surface area contributed by atoms with E-state index in [2.05, 4.69) is 0 Å². The fourth-order valence-corrected chi connectivity index (χ4v) is 4.14. The van der Waals surface area contributed by atoms with Gasteiger partial charge in [0.2, 0.25) is 0 Å². The van der Waals surface area contributed by atoms with Crippen LogP contribution in [0, 0.1) is 5.41 Å². The van der Waals surface area contributed by atoms with Crippen molar-refractivity contribution in [2.45, 2.75) is 40.5 Å². The van der Waals surface area contributed by atoms with Crippen molar-refractivity contribution in [3.8, 4) is 0 Å². The number of hydrogen-bond donors (Lipinski definition) is 1. The molecule has 1 unspecified atom stereocenters. The van der Waals surface area contributed by atoms with Crippen LogP contribution in [0.3, 0.4) is 0 Å². The third kappa shape index (κ3) is 3.24. The van der Waals surface area contributed by atoms with Crippen LogP contribution in [-0.2, 0) is 14.4 Å². The molecular formula is C23H22O6. The Bertz CT molecular complexity index is 1190. The lowest BCUT2D eigenvalue weighted by Gasteiger charge is -2.36. The maximum absolute atomic E-state index is 13.0. The van der Waals surface area contributed by atoms with Gasteiger partial charge in [0, 0.05) is 39.2 Å². The quantitative estimate of drug-likeness (QED) is 0.625. The molecule has 6 heteroatoms. The molecule has 150 valence electrons. The van der Waals surface area contributed by atoms with Crippen LogP contribution >= 0.6 is 0 Å². The maximum atomic E-state index is 13.0. The van der Waals surface area contributed by atoms with Crippen LogP contribution in [0.15, 0.2) is 61.8 Å². The second-order valence-electron chi connectivity index (χ2n) is 7.95. The van der Waals surface area contributed by atoms with E-state index in [0.717, 1.165) is 0 Å². The molecule has 1 N–H and O–H groups in total. The lowest BCUT2D eigenvalue weighted by Crippen LogP contribution is -2.37. The number of hydrogen-bond acceptors (Lipinski definition) is 5. The van der Waals surface area contributed by atoms with Gasteiger partial charge in [-0.3, -0.25) is 14.4 Å². The van der Waals surface area contributed by atoms with Gasteiger partial charge < -0.3 is 9.52 Å². The van der Waals surface area contributed by atoms with E-state index < -0.39 is 22.9 Å². The van der Waals surface area contributed by atoms with Crippen molar-refractivity contribution in [3.05, 3.63) is 68.6 Å². The summed E-state index contributed by atoms with van der Waals surface area (Å²) in [7, 11) is 0. The number of carbonyl (C=O) groups is 3. The normalized spacial score (nSPS) is 16.6. The van der Waals surface area contributed by atoms with Gasteiger partial charge in [0.05, 0.1) is 5.92 Å². The highest BCUT2D eigenvalue weighted by molar-refractivity contribution is 6.25. The van der Waals surface area contributed by atoms with Crippen molar-refractivity contribution in [1.29, 1.82) is 0 Å². The van der Waals surface area contributed by atoms with Gasteiger partial charge in [-0.25, -0.2) is 4.79 Å². The molecule has 0 saturated heterocycles. The Hall–Kier alpha value is -3.28. The lowest BCUT2D eigenvalue weighted by atomic mass is 9.64. The molecule has 0 radical (unpaired) electrons. The molecule has 2 aromatic rings. The average Bonchev–Trinajstić information content (AvgIpc) is 2.64. The molecule has 1 atom stereocenters. The molecule has 1 heterocycles. The van der Waals surface area contributed by atoms with Crippen LogP contribution in [0.5, 0.6) is 0 Å². The molecule has 1 aromatic carbocycles. The van der Waals surface area contributed by atoms with Gasteiger partial charge >= 0.3 is 11.6 Å². The predicted octanol–water partition coefficient (Wildman–Crippen LogP) is 3.79. The number of allylic oxidation sites excluding steroid dienone is 4. The van der Waals surface area contributed by atoms with E-state index in [9.17, 15) is 24.3 Å². The highest BCUT2D eigenvalue weighted by Gasteiger charge is 2.45. The average molecular weight is 394 g/mol. The van der Waals surface area contributed by atoms with Gasteiger partial charge in [0.15, 0.2) is 11.6 Å². The molecule has 0 bridgehead atoms. The first-order valence-electron chi connectivity index (χ1n) is 9.21. The molecule has 1 aliphatic rings. The SMILES string of the molecule is CC1=C(C)C(=O)C(C(C)(C)C(C(=O)O)c2ccc3ccc(=O)oc3c2)=C(C)C1=O. The molecule has 3 rings (SSSR count). The summed E-state index contributed by atoms with van der Waals surface area (Å²) in [5.41, 5.74) is 0.101. The van der Waals surface area contributed by atoms with Crippen molar-refractivity contribution in [2.24, 2.45) is 5.41 Å². The molecule has 1 aromatic heterocycles. The van der Waals surface area contributed by atoms with E-state index in [1.165, 1.54) is 12.1 Å². The number of rotatable bonds is 4. The Morgan fingerprint density at radius 2 is 1.52 bits per heavy atom. The zero-order valence-corrected chi connectivity index (χ0v) is 17.0. The topological polar surface area (TPSA) is 102 Å². The number of carbonyl (C=O) groups excluding carboxylic acids is 2. The Balaban J connectivity index is 2.21. The molecule has 0 aliphatic heterocycles. The van der Waals surface area contributed by atoms with E-state index in [1.54, 1.807) is 52.8 Å². The number of aliphatic carboxylic acids is 1. The van der Waals surface area contributed by atoms with Crippen molar-refractivity contribution < 1.29 is 23.9 Å². The highest BCUT2D eigenvalue weighted by atomic mass is 16.4. The standard InChI is InChI=1S/C23H22O6/c1-11-12(2)21(26)18(13(3)20(11)25)23(4,5)19(22(27)28)15-7-6-14-8-9-17(24)29-16(14)10-15/h6-10,19H,1-5H3,(H,27,28). The molecule has 0 saturated carbocycles. The Kier molecular flexibility index (Phi) is 4.91. The molecule has 0 amide bonds. The van der Waals surface area contributed by atoms with Crippen LogP contribution in [0.4, 0.5) is 0 Å². The Morgan fingerprint density at radius 3 is 2.14 bits per heavy atom. The molecular weight excluding hydrogens is 372 g/mol. The summed E-state index contributed by atoms with van der Waals surface area (Å²) in [6.07, 6.45) is 0. The number of carboxylic acid groups (broad SMARTS) is 1. The minimum atomic E-state index is -1.19. The van der Waals surface area contributed by atoms with Crippen molar-refractivity contribution in [1.82, 2.24) is 0 Å². The fourth-order valence-electron chi connectivity index (χ4n) is 4.14. The molecule has 0 fully saturated rings. The van der Waals surface area contributed by atoms with Crippen LogP contribution in [0.25, 0.3) is 11.0 Å². The van der Waals surface area contributed by atoms with Gasteiger partial charge in [0.1, 0.15) is 5.58 Å². The second kappa shape index (κ2) is 6.95. The first-order chi connectivity index (χ1) is 13.5. The minimum Gasteiger partial charge on any atom is -0.481 e. The number of benzene rings is 1. The first-order valence-corrected chi connectivity index (χ1v) is 9.21. The fraction of sp³-hybridized carbons (Fsp3) is 0.304. The monoisotopic (exact) mass is 394 g/mol. The van der Waals surface area contributed by atoms with Gasteiger partial charge in [-0.15, -0.1) is 0 Å². The van der Waals surface area contributed by atoms with Crippen molar-refractivity contribution >= 4 is 28.5 Å². The maximum Gasteiger partial charge on any atom is 0.336 e.